The Morgan fingerprint density at radius 1 is 0.776 bits per heavy atom. The first kappa shape index (κ1) is 52.7. The first-order valence-corrected chi connectivity index (χ1v) is 32.3. The lowest BCUT2D eigenvalue weighted by Gasteiger charge is -2.48. The number of Topliss-reactive ketones (excluding diaryl/α,β-unsaturated/α-hetero) is 1. The summed E-state index contributed by atoms with van der Waals surface area (Å²) >= 11 is 0. The van der Waals surface area contributed by atoms with Gasteiger partial charge in [0, 0.05) is 58.2 Å². The van der Waals surface area contributed by atoms with E-state index in [1.165, 1.54) is 0 Å². The summed E-state index contributed by atoms with van der Waals surface area (Å²) in [5, 5.41) is 0.0700. The van der Waals surface area contributed by atoms with E-state index in [2.05, 4.69) is 95.1 Å². The summed E-state index contributed by atoms with van der Waals surface area (Å²) in [5.74, 6) is -0.396. The number of carbonyl (C=O) groups is 1. The average molecular weight is 977 g/mol. The largest absolute Gasteiger partial charge is 0.414 e. The van der Waals surface area contributed by atoms with Crippen molar-refractivity contribution < 1.29 is 56.3 Å². The summed E-state index contributed by atoms with van der Waals surface area (Å²) in [6.07, 6.45) is 6.76. The first-order chi connectivity index (χ1) is 31.3. The highest BCUT2D eigenvalue weighted by Gasteiger charge is 2.64. The molecule has 67 heavy (non-hydrogen) atoms. The minimum Gasteiger partial charge on any atom is -0.414 e. The Balaban J connectivity index is 1.08. The van der Waals surface area contributed by atoms with Gasteiger partial charge in [0.15, 0.2) is 22.4 Å². The van der Waals surface area contributed by atoms with Crippen molar-refractivity contribution in [1.82, 2.24) is 0 Å². The highest BCUT2D eigenvalue weighted by Crippen LogP contribution is 2.52. The van der Waals surface area contributed by atoms with Crippen molar-refractivity contribution >= 4 is 22.4 Å². The Morgan fingerprint density at radius 3 is 2.24 bits per heavy atom. The monoisotopic (exact) mass is 977 g/mol. The van der Waals surface area contributed by atoms with E-state index >= 15 is 0 Å². The summed E-state index contributed by atoms with van der Waals surface area (Å²) in [7, 11) is -2.54. The molecule has 9 fully saturated rings. The maximum Gasteiger partial charge on any atom is 0.192 e. The molecule has 0 aromatic heterocycles. The van der Waals surface area contributed by atoms with Gasteiger partial charge < -0.3 is 51.5 Å². The summed E-state index contributed by atoms with van der Waals surface area (Å²) in [6, 6.07) is 0. The van der Waals surface area contributed by atoms with E-state index in [1.807, 2.05) is 0 Å². The summed E-state index contributed by atoms with van der Waals surface area (Å²) in [6.45, 7) is 35.9. The van der Waals surface area contributed by atoms with Crippen LogP contribution in [0, 0.1) is 17.3 Å². The Morgan fingerprint density at radius 2 is 1.52 bits per heavy atom. The van der Waals surface area contributed by atoms with Crippen LogP contribution in [0.25, 0.3) is 0 Å². The second kappa shape index (κ2) is 20.0. The molecule has 14 heteroatoms. The van der Waals surface area contributed by atoms with E-state index in [4.69, 9.17) is 51.5 Å². The fraction of sp³-hybridized carbons (Fsp3) is 0.943. The lowest BCUT2D eigenvalue weighted by atomic mass is 9.68. The second-order valence-corrected chi connectivity index (χ2v) is 35.5. The number of fused-ring (bicyclic) bond motifs is 7. The molecule has 1 spiro atoms. The Labute approximate surface area is 406 Å². The third kappa shape index (κ3) is 11.3. The molecular weight excluding hydrogens is 885 g/mol. The van der Waals surface area contributed by atoms with Gasteiger partial charge in [-0.2, -0.15) is 0 Å². The summed E-state index contributed by atoms with van der Waals surface area (Å²) in [5.41, 5.74) is 1.05. The minimum atomic E-state index is -2.22. The molecule has 0 saturated carbocycles. The van der Waals surface area contributed by atoms with E-state index in [-0.39, 0.29) is 113 Å². The van der Waals surface area contributed by atoms with E-state index in [0.29, 0.717) is 70.7 Å². The van der Waals surface area contributed by atoms with Crippen LogP contribution in [0.2, 0.25) is 36.3 Å². The Hall–Kier alpha value is -0.596. The molecule has 9 rings (SSSR count). The molecular formula is C53H92O12Si2. The quantitative estimate of drug-likeness (QED) is 0.170. The van der Waals surface area contributed by atoms with Crippen LogP contribution in [0.5, 0.6) is 0 Å². The number of ketones is 1. The van der Waals surface area contributed by atoms with Crippen LogP contribution >= 0.6 is 0 Å². The molecule has 0 radical (unpaired) electrons. The third-order valence-corrected chi connectivity index (χ3v) is 27.9. The van der Waals surface area contributed by atoms with Crippen LogP contribution in [-0.4, -0.2) is 141 Å². The topological polar surface area (TPSA) is 119 Å². The fourth-order valence-corrected chi connectivity index (χ4v) is 14.5. The third-order valence-electron chi connectivity index (χ3n) is 18.8. The molecule has 384 valence electrons. The van der Waals surface area contributed by atoms with Gasteiger partial charge in [-0.15, -0.1) is 0 Å². The van der Waals surface area contributed by atoms with Crippen molar-refractivity contribution in [3.8, 4) is 0 Å². The van der Waals surface area contributed by atoms with Crippen molar-refractivity contribution in [3.63, 3.8) is 0 Å². The van der Waals surface area contributed by atoms with Gasteiger partial charge in [0.2, 0.25) is 0 Å². The zero-order valence-corrected chi connectivity index (χ0v) is 46.2. The van der Waals surface area contributed by atoms with Crippen LogP contribution in [0.15, 0.2) is 12.2 Å². The number of carbonyl (C=O) groups excluding carboxylic acids is 1. The Kier molecular flexibility index (Phi) is 15.8. The number of methoxy groups -OCH3 is 1. The van der Waals surface area contributed by atoms with Crippen molar-refractivity contribution in [1.29, 1.82) is 0 Å². The van der Waals surface area contributed by atoms with Gasteiger partial charge in [0.25, 0.3) is 0 Å². The maximum atomic E-state index is 14.7. The van der Waals surface area contributed by atoms with Gasteiger partial charge in [-0.3, -0.25) is 4.79 Å². The predicted octanol–water partition coefficient (Wildman–Crippen LogP) is 10.2. The number of rotatable bonds is 8. The lowest BCUT2D eigenvalue weighted by molar-refractivity contribution is -0.259. The average Bonchev–Trinajstić information content (AvgIpc) is 3.90. The molecule has 9 aliphatic heterocycles. The van der Waals surface area contributed by atoms with Crippen LogP contribution in [0.1, 0.15) is 146 Å². The van der Waals surface area contributed by atoms with Gasteiger partial charge in [-0.05, 0) is 98.1 Å². The van der Waals surface area contributed by atoms with Crippen LogP contribution in [-0.2, 0) is 56.3 Å². The highest BCUT2D eigenvalue weighted by molar-refractivity contribution is 6.74. The fourth-order valence-electron chi connectivity index (χ4n) is 12.1. The molecule has 0 aliphatic carbocycles. The Bertz CT molecular complexity index is 1730. The van der Waals surface area contributed by atoms with E-state index in [1.54, 1.807) is 7.11 Å². The minimum absolute atomic E-state index is 0.00699. The SMILES string of the molecule is C=C1C[C@@H]2CC[C@@]34C[C@H]5O[C@@H]6[C@@H](OCCC[C@H](CC(=O)CC7C(C[C@H]8O[C@@H](CCC1O2)C[C@@H](C)C8(C)C)O[C@H](C[C@@H](CO[Si](C)(C)C(C)(C)C)O[Si](C)(C)C(C)(C)C)[C@@H]7OC)OC[C@@H]6O3)[C@H]5O4. The lowest BCUT2D eigenvalue weighted by Crippen LogP contribution is -2.49. The molecule has 17 atom stereocenters. The van der Waals surface area contributed by atoms with Gasteiger partial charge in [-0.1, -0.05) is 68.9 Å². The molecule has 11 bridgehead atoms. The van der Waals surface area contributed by atoms with Crippen molar-refractivity contribution in [2.24, 2.45) is 17.3 Å². The zero-order valence-electron chi connectivity index (χ0n) is 44.2. The van der Waals surface area contributed by atoms with Gasteiger partial charge in [0.05, 0.1) is 74.3 Å². The van der Waals surface area contributed by atoms with Crippen molar-refractivity contribution in [2.75, 3.05) is 26.9 Å². The van der Waals surface area contributed by atoms with Gasteiger partial charge in [-0.25, -0.2) is 0 Å². The molecule has 9 aliphatic rings. The molecule has 0 aromatic rings. The molecule has 12 nitrogen and oxygen atoms in total. The van der Waals surface area contributed by atoms with Crippen molar-refractivity contribution in [2.45, 2.75) is 273 Å². The summed E-state index contributed by atoms with van der Waals surface area (Å²) < 4.78 is 76.0. The number of ether oxygens (including phenoxy) is 9. The second-order valence-electron chi connectivity index (χ2n) is 25.9. The first-order valence-electron chi connectivity index (χ1n) is 26.5. The van der Waals surface area contributed by atoms with Crippen LogP contribution in [0.4, 0.5) is 0 Å². The van der Waals surface area contributed by atoms with Crippen molar-refractivity contribution in [3.05, 3.63) is 12.2 Å². The van der Waals surface area contributed by atoms with Crippen LogP contribution in [0.3, 0.4) is 0 Å². The molecule has 9 heterocycles. The molecule has 9 saturated heterocycles. The normalized spacial score (nSPS) is 42.7. The zero-order chi connectivity index (χ0) is 48.5. The molecule has 0 amide bonds. The van der Waals surface area contributed by atoms with Gasteiger partial charge in [0.1, 0.15) is 30.2 Å². The van der Waals surface area contributed by atoms with Gasteiger partial charge >= 0.3 is 0 Å². The standard InChI is InChI=1S/C53H92O12Si2/c1-32-23-37-20-21-53-29-43-48(64-53)49-47(62-43)44(63-53)31-57-35(17-16-22-56-49)25-34(54)26-39-41(28-45-52(9,10)33(2)24-36(60-45)18-19-40(32)59-37)61-42(46(39)55-11)27-38(65-67(14,15)51(6,7)8)30-58-66(12,13)50(3,4)5/h33,35-49H,1,16-31H2,2-15H3/t33-,35-,36+,37+,38+,39?,40?,41?,42-,43-,44+,45-,46-,47+,48+,49-,53-/m1/s1. The molecule has 0 N–H and O–H groups in total. The summed E-state index contributed by atoms with van der Waals surface area (Å²) in [4.78, 5) is 14.7. The smallest absolute Gasteiger partial charge is 0.192 e. The van der Waals surface area contributed by atoms with E-state index < -0.39 is 22.4 Å². The van der Waals surface area contributed by atoms with E-state index in [0.717, 1.165) is 44.1 Å². The molecule has 0 aromatic carbocycles. The maximum absolute atomic E-state index is 14.7. The number of hydrogen-bond donors (Lipinski definition) is 0. The molecule has 3 unspecified atom stereocenters. The van der Waals surface area contributed by atoms with E-state index in [9.17, 15) is 4.79 Å². The highest BCUT2D eigenvalue weighted by atomic mass is 28.4. The predicted molar refractivity (Wildman–Crippen MR) is 263 cm³/mol. The van der Waals surface area contributed by atoms with Crippen LogP contribution < -0.4 is 0 Å². The number of hydrogen-bond acceptors (Lipinski definition) is 12.